The van der Waals surface area contributed by atoms with Gasteiger partial charge in [0.05, 0.1) is 6.61 Å². The molecule has 0 N–H and O–H groups in total. The molecular weight excluding hydrogens is 282 g/mol. The van der Waals surface area contributed by atoms with Crippen molar-refractivity contribution in [3.8, 4) is 0 Å². The molecule has 0 amide bonds. The Morgan fingerprint density at radius 1 is 1.32 bits per heavy atom. The molecule has 108 valence electrons. The van der Waals surface area contributed by atoms with Crippen molar-refractivity contribution in [2.24, 2.45) is 0 Å². The molecule has 1 rings (SSSR count). The Balaban J connectivity index is 2.05. The number of aromatic nitrogens is 2. The van der Waals surface area contributed by atoms with Gasteiger partial charge in [0, 0.05) is 26.3 Å². The molecule has 0 bridgehead atoms. The molecule has 0 spiro atoms. The average Bonchev–Trinajstić information content (AvgIpc) is 2.83. The maximum atomic E-state index is 11.1. The smallest absolute Gasteiger partial charge is 0.305 e. The molecule has 7 heteroatoms. The van der Waals surface area contributed by atoms with Crippen molar-refractivity contribution in [1.82, 2.24) is 10.2 Å². The lowest BCUT2D eigenvalue weighted by atomic mass is 10.2. The van der Waals surface area contributed by atoms with Gasteiger partial charge in [0.25, 0.3) is 0 Å². The Bertz CT molecular complexity index is 383. The molecule has 0 aliphatic rings. The van der Waals surface area contributed by atoms with Gasteiger partial charge in [-0.15, -0.1) is 10.2 Å². The van der Waals surface area contributed by atoms with E-state index in [9.17, 15) is 4.79 Å². The summed E-state index contributed by atoms with van der Waals surface area (Å²) in [5.41, 5.74) is 0. The van der Waals surface area contributed by atoms with Crippen LogP contribution in [0.2, 0.25) is 0 Å². The van der Waals surface area contributed by atoms with Crippen molar-refractivity contribution in [2.75, 3.05) is 31.4 Å². The highest BCUT2D eigenvalue weighted by atomic mass is 32.2. The number of ether oxygens (including phenoxy) is 1. The first-order chi connectivity index (χ1) is 9.13. The van der Waals surface area contributed by atoms with E-state index >= 15 is 0 Å². The van der Waals surface area contributed by atoms with Crippen LogP contribution < -0.4 is 4.90 Å². The lowest BCUT2D eigenvalue weighted by Gasteiger charge is -2.03. The van der Waals surface area contributed by atoms with Gasteiger partial charge in [0.1, 0.15) is 0 Å². The summed E-state index contributed by atoms with van der Waals surface area (Å²) in [6, 6.07) is 0. The predicted molar refractivity (Wildman–Crippen MR) is 80.1 cm³/mol. The molecule has 1 heterocycles. The van der Waals surface area contributed by atoms with E-state index in [1.807, 2.05) is 25.9 Å². The zero-order valence-corrected chi connectivity index (χ0v) is 13.4. The fraction of sp³-hybridized carbons (Fsp3) is 0.750. The standard InChI is InChI=1S/C12H21N3O2S2/c1-4-17-10(16)8-6-5-7-9-18-12-14-13-11(19-12)15(2)3/h4-9H2,1-3H3. The number of hydrogen-bond acceptors (Lipinski definition) is 7. The second-order valence-corrected chi connectivity index (χ2v) is 6.51. The van der Waals surface area contributed by atoms with Gasteiger partial charge in [-0.1, -0.05) is 29.5 Å². The van der Waals surface area contributed by atoms with Crippen LogP contribution in [-0.4, -0.2) is 42.6 Å². The number of thioether (sulfide) groups is 1. The van der Waals surface area contributed by atoms with Gasteiger partial charge in [0.2, 0.25) is 5.13 Å². The van der Waals surface area contributed by atoms with Crippen LogP contribution in [0.15, 0.2) is 4.34 Å². The number of hydrogen-bond donors (Lipinski definition) is 0. The fourth-order valence-electron chi connectivity index (χ4n) is 1.38. The summed E-state index contributed by atoms with van der Waals surface area (Å²) < 4.78 is 5.89. The third kappa shape index (κ3) is 6.77. The van der Waals surface area contributed by atoms with Crippen LogP contribution in [0, 0.1) is 0 Å². The second-order valence-electron chi connectivity index (χ2n) is 4.21. The van der Waals surface area contributed by atoms with E-state index in [-0.39, 0.29) is 5.97 Å². The van der Waals surface area contributed by atoms with E-state index in [0.29, 0.717) is 13.0 Å². The Morgan fingerprint density at radius 3 is 2.74 bits per heavy atom. The van der Waals surface area contributed by atoms with Gasteiger partial charge >= 0.3 is 5.97 Å². The quantitative estimate of drug-likeness (QED) is 0.397. The molecule has 19 heavy (non-hydrogen) atoms. The van der Waals surface area contributed by atoms with E-state index in [0.717, 1.165) is 34.5 Å². The fourth-order valence-corrected chi connectivity index (χ4v) is 3.22. The monoisotopic (exact) mass is 303 g/mol. The molecule has 0 aliphatic heterocycles. The van der Waals surface area contributed by atoms with Gasteiger partial charge in [-0.2, -0.15) is 0 Å². The van der Waals surface area contributed by atoms with Crippen LogP contribution in [0.4, 0.5) is 5.13 Å². The Kier molecular flexibility index (Phi) is 7.81. The van der Waals surface area contributed by atoms with E-state index < -0.39 is 0 Å². The lowest BCUT2D eigenvalue weighted by Crippen LogP contribution is -2.07. The van der Waals surface area contributed by atoms with Gasteiger partial charge in [0.15, 0.2) is 4.34 Å². The van der Waals surface area contributed by atoms with Crippen LogP contribution in [-0.2, 0) is 9.53 Å². The summed E-state index contributed by atoms with van der Waals surface area (Å²) in [6.45, 7) is 2.30. The summed E-state index contributed by atoms with van der Waals surface area (Å²) in [6.07, 6.45) is 3.56. The Labute approximate surface area is 122 Å². The van der Waals surface area contributed by atoms with E-state index in [1.165, 1.54) is 0 Å². The molecule has 0 atom stereocenters. The summed E-state index contributed by atoms with van der Waals surface area (Å²) in [4.78, 5) is 13.1. The van der Waals surface area contributed by atoms with Crippen molar-refractivity contribution in [3.05, 3.63) is 0 Å². The summed E-state index contributed by atoms with van der Waals surface area (Å²) in [7, 11) is 3.93. The van der Waals surface area contributed by atoms with Crippen LogP contribution in [0.1, 0.15) is 32.6 Å². The minimum atomic E-state index is -0.0881. The van der Waals surface area contributed by atoms with E-state index in [4.69, 9.17) is 4.74 Å². The first-order valence-corrected chi connectivity index (χ1v) is 8.23. The number of unbranched alkanes of at least 4 members (excludes halogenated alkanes) is 2. The number of rotatable bonds is 9. The van der Waals surface area contributed by atoms with Gasteiger partial charge < -0.3 is 9.64 Å². The van der Waals surface area contributed by atoms with Crippen molar-refractivity contribution in [2.45, 2.75) is 36.9 Å². The molecule has 1 aromatic heterocycles. The van der Waals surface area contributed by atoms with Gasteiger partial charge in [-0.3, -0.25) is 4.79 Å². The average molecular weight is 303 g/mol. The molecular formula is C12H21N3O2S2. The molecule has 5 nitrogen and oxygen atoms in total. The molecule has 0 radical (unpaired) electrons. The topological polar surface area (TPSA) is 55.3 Å². The van der Waals surface area contributed by atoms with E-state index in [1.54, 1.807) is 23.1 Å². The maximum absolute atomic E-state index is 11.1. The highest BCUT2D eigenvalue weighted by Crippen LogP contribution is 2.27. The third-order valence-electron chi connectivity index (χ3n) is 2.33. The van der Waals surface area contributed by atoms with Gasteiger partial charge in [-0.05, 0) is 19.8 Å². The van der Waals surface area contributed by atoms with Crippen molar-refractivity contribution >= 4 is 34.2 Å². The van der Waals surface area contributed by atoms with Crippen LogP contribution in [0.25, 0.3) is 0 Å². The maximum Gasteiger partial charge on any atom is 0.305 e. The number of esters is 1. The summed E-state index contributed by atoms with van der Waals surface area (Å²) >= 11 is 3.34. The number of carbonyl (C=O) groups is 1. The van der Waals surface area contributed by atoms with Crippen LogP contribution in [0.5, 0.6) is 0 Å². The zero-order valence-electron chi connectivity index (χ0n) is 11.7. The molecule has 0 aromatic carbocycles. The summed E-state index contributed by atoms with van der Waals surface area (Å²) in [5.74, 6) is 0.931. The number of anilines is 1. The first kappa shape index (κ1) is 16.2. The Morgan fingerprint density at radius 2 is 2.11 bits per heavy atom. The molecule has 0 fully saturated rings. The predicted octanol–water partition coefficient (Wildman–Crippen LogP) is 2.82. The molecule has 1 aromatic rings. The molecule has 0 unspecified atom stereocenters. The van der Waals surface area contributed by atoms with Gasteiger partial charge in [-0.25, -0.2) is 0 Å². The largest absolute Gasteiger partial charge is 0.466 e. The van der Waals surface area contributed by atoms with Crippen molar-refractivity contribution < 1.29 is 9.53 Å². The normalized spacial score (nSPS) is 10.5. The van der Waals surface area contributed by atoms with E-state index in [2.05, 4.69) is 10.2 Å². The second kappa shape index (κ2) is 9.14. The Hall–Kier alpha value is -0.820. The minimum Gasteiger partial charge on any atom is -0.466 e. The zero-order chi connectivity index (χ0) is 14.1. The van der Waals surface area contributed by atoms with Crippen molar-refractivity contribution in [3.63, 3.8) is 0 Å². The number of nitrogens with zero attached hydrogens (tertiary/aromatic N) is 3. The molecule has 0 saturated heterocycles. The SMILES string of the molecule is CCOC(=O)CCCCCSc1nnc(N(C)C)s1. The third-order valence-corrected chi connectivity index (χ3v) is 4.65. The number of carbonyl (C=O) groups excluding carboxylic acids is 1. The molecule has 0 saturated carbocycles. The molecule has 0 aliphatic carbocycles. The minimum absolute atomic E-state index is 0.0881. The van der Waals surface area contributed by atoms with Crippen LogP contribution >= 0.6 is 23.1 Å². The highest BCUT2D eigenvalue weighted by Gasteiger charge is 2.06. The summed E-state index contributed by atoms with van der Waals surface area (Å²) in [5, 5.41) is 9.15. The lowest BCUT2D eigenvalue weighted by molar-refractivity contribution is -0.143. The first-order valence-electron chi connectivity index (χ1n) is 6.42. The highest BCUT2D eigenvalue weighted by molar-refractivity contribution is 8.01. The van der Waals surface area contributed by atoms with Crippen LogP contribution in [0.3, 0.4) is 0 Å². The van der Waals surface area contributed by atoms with Crippen molar-refractivity contribution in [1.29, 1.82) is 0 Å².